The van der Waals surface area contributed by atoms with E-state index in [1.807, 2.05) is 13.8 Å². The van der Waals surface area contributed by atoms with Crippen LogP contribution in [0.2, 0.25) is 0 Å². The summed E-state index contributed by atoms with van der Waals surface area (Å²) in [5.41, 5.74) is 5.71. The van der Waals surface area contributed by atoms with Crippen LogP contribution < -0.4 is 10.5 Å². The third-order valence-corrected chi connectivity index (χ3v) is 3.23. The molecule has 18 heavy (non-hydrogen) atoms. The van der Waals surface area contributed by atoms with Crippen LogP contribution in [0.25, 0.3) is 0 Å². The molecule has 1 aromatic carbocycles. The van der Waals surface area contributed by atoms with Gasteiger partial charge >= 0.3 is 0 Å². The van der Waals surface area contributed by atoms with Crippen molar-refractivity contribution in [3.8, 4) is 5.75 Å². The summed E-state index contributed by atoms with van der Waals surface area (Å²) in [7, 11) is 0. The third kappa shape index (κ3) is 3.35. The first-order chi connectivity index (χ1) is 8.51. The van der Waals surface area contributed by atoms with Crippen molar-refractivity contribution < 1.29 is 14.3 Å². The van der Waals surface area contributed by atoms with Gasteiger partial charge in [-0.25, -0.2) is 4.39 Å². The van der Waals surface area contributed by atoms with Gasteiger partial charge in [0.2, 0.25) is 0 Å². The summed E-state index contributed by atoms with van der Waals surface area (Å²) in [4.78, 5) is 0. The van der Waals surface area contributed by atoms with Crippen molar-refractivity contribution in [3.05, 3.63) is 28.0 Å². The second kappa shape index (κ2) is 6.58. The van der Waals surface area contributed by atoms with Gasteiger partial charge in [0.15, 0.2) is 17.4 Å². The Morgan fingerprint density at radius 3 is 2.83 bits per heavy atom. The number of amidine groups is 1. The first-order valence-electron chi connectivity index (χ1n) is 5.63. The van der Waals surface area contributed by atoms with Crippen LogP contribution in [0.4, 0.5) is 4.39 Å². The molecule has 0 aliphatic heterocycles. The minimum atomic E-state index is -0.554. The highest BCUT2D eigenvalue weighted by Crippen LogP contribution is 2.29. The van der Waals surface area contributed by atoms with Crippen molar-refractivity contribution in [2.75, 3.05) is 0 Å². The second-order valence-electron chi connectivity index (χ2n) is 3.94. The molecule has 0 aliphatic carbocycles. The molecule has 0 aromatic heterocycles. The lowest BCUT2D eigenvalue weighted by Crippen LogP contribution is -2.16. The molecule has 1 unspecified atom stereocenters. The molecular formula is C12H16BrFN2O2. The molecule has 1 aromatic rings. The number of hydrogen-bond acceptors (Lipinski definition) is 3. The summed E-state index contributed by atoms with van der Waals surface area (Å²) in [5.74, 6) is -0.562. The van der Waals surface area contributed by atoms with Crippen LogP contribution in [-0.2, 0) is 0 Å². The molecule has 1 rings (SSSR count). The Labute approximate surface area is 114 Å². The van der Waals surface area contributed by atoms with E-state index in [1.54, 1.807) is 0 Å². The van der Waals surface area contributed by atoms with Gasteiger partial charge in [-0.15, -0.1) is 0 Å². The van der Waals surface area contributed by atoms with Gasteiger partial charge in [0, 0.05) is 5.56 Å². The molecule has 0 radical (unpaired) electrons. The van der Waals surface area contributed by atoms with Gasteiger partial charge in [-0.2, -0.15) is 0 Å². The zero-order valence-corrected chi connectivity index (χ0v) is 11.9. The predicted octanol–water partition coefficient (Wildman–Crippen LogP) is 3.25. The summed E-state index contributed by atoms with van der Waals surface area (Å²) in [5, 5.41) is 11.4. The minimum absolute atomic E-state index is 0.0638. The van der Waals surface area contributed by atoms with Gasteiger partial charge in [0.1, 0.15) is 0 Å². The highest BCUT2D eigenvalue weighted by Gasteiger charge is 2.16. The molecule has 0 saturated heterocycles. The molecule has 3 N–H and O–H groups in total. The summed E-state index contributed by atoms with van der Waals surface area (Å²) in [6, 6.07) is 3.01. The number of hydrogen-bond donors (Lipinski definition) is 2. The number of oxime groups is 1. The van der Waals surface area contributed by atoms with Crippen LogP contribution >= 0.6 is 15.9 Å². The smallest absolute Gasteiger partial charge is 0.179 e. The molecule has 0 spiro atoms. The Morgan fingerprint density at radius 1 is 1.61 bits per heavy atom. The van der Waals surface area contributed by atoms with Crippen LogP contribution in [0.1, 0.15) is 32.3 Å². The molecule has 6 heteroatoms. The summed E-state index contributed by atoms with van der Waals surface area (Å²) < 4.78 is 19.6. The zero-order chi connectivity index (χ0) is 13.7. The van der Waals surface area contributed by atoms with E-state index >= 15 is 0 Å². The van der Waals surface area contributed by atoms with Crippen molar-refractivity contribution >= 4 is 21.8 Å². The van der Waals surface area contributed by atoms with Gasteiger partial charge < -0.3 is 15.7 Å². The maximum Gasteiger partial charge on any atom is 0.179 e. The highest BCUT2D eigenvalue weighted by molar-refractivity contribution is 9.10. The number of benzene rings is 1. The Hall–Kier alpha value is -1.30. The lowest BCUT2D eigenvalue weighted by molar-refractivity contribution is 0.200. The van der Waals surface area contributed by atoms with E-state index in [1.165, 1.54) is 12.1 Å². The highest BCUT2D eigenvalue weighted by atomic mass is 79.9. The Balaban J connectivity index is 3.01. The largest absolute Gasteiger partial charge is 0.488 e. The van der Waals surface area contributed by atoms with Gasteiger partial charge in [-0.05, 0) is 41.4 Å². The van der Waals surface area contributed by atoms with E-state index < -0.39 is 5.82 Å². The van der Waals surface area contributed by atoms with Crippen molar-refractivity contribution in [2.24, 2.45) is 10.9 Å². The van der Waals surface area contributed by atoms with Crippen molar-refractivity contribution in [1.29, 1.82) is 0 Å². The molecule has 100 valence electrons. The standard InChI is InChI=1S/C12H16BrFN2O2/c1-3-4-7(2)18-9-6-5-8(12(15)16-17)10(13)11(9)14/h5-7,17H,3-4H2,1-2H3,(H2,15,16). The van der Waals surface area contributed by atoms with Crippen LogP contribution in [0, 0.1) is 5.82 Å². The van der Waals surface area contributed by atoms with Crippen LogP contribution in [0.5, 0.6) is 5.75 Å². The minimum Gasteiger partial charge on any atom is -0.488 e. The number of rotatable bonds is 5. The van der Waals surface area contributed by atoms with E-state index in [2.05, 4.69) is 21.1 Å². The Kier molecular flexibility index (Phi) is 5.40. The molecular weight excluding hydrogens is 303 g/mol. The van der Waals surface area contributed by atoms with E-state index in [0.29, 0.717) is 0 Å². The summed E-state index contributed by atoms with van der Waals surface area (Å²) in [6.45, 7) is 3.92. The second-order valence-corrected chi connectivity index (χ2v) is 4.73. The fourth-order valence-electron chi connectivity index (χ4n) is 1.56. The summed E-state index contributed by atoms with van der Waals surface area (Å²) >= 11 is 3.07. The number of nitrogens with two attached hydrogens (primary N) is 1. The molecule has 0 amide bonds. The van der Waals surface area contributed by atoms with Gasteiger partial charge in [-0.1, -0.05) is 18.5 Å². The maximum absolute atomic E-state index is 14.0. The normalized spacial score (nSPS) is 13.4. The average Bonchev–Trinajstić information content (AvgIpc) is 2.34. The summed E-state index contributed by atoms with van der Waals surface area (Å²) in [6.07, 6.45) is 1.75. The molecule has 0 bridgehead atoms. The molecule has 4 nitrogen and oxygen atoms in total. The number of ether oxygens (including phenoxy) is 1. The van der Waals surface area contributed by atoms with E-state index in [-0.39, 0.29) is 27.7 Å². The number of nitrogens with zero attached hydrogens (tertiary/aromatic N) is 1. The van der Waals surface area contributed by atoms with E-state index in [4.69, 9.17) is 15.7 Å². The number of halogens is 2. The fraction of sp³-hybridized carbons (Fsp3) is 0.417. The van der Waals surface area contributed by atoms with Crippen LogP contribution in [-0.4, -0.2) is 17.1 Å². The van der Waals surface area contributed by atoms with Gasteiger partial charge in [0.05, 0.1) is 10.6 Å². The molecule has 1 atom stereocenters. The maximum atomic E-state index is 14.0. The van der Waals surface area contributed by atoms with Crippen molar-refractivity contribution in [3.63, 3.8) is 0 Å². The molecule has 0 aliphatic rings. The Morgan fingerprint density at radius 2 is 2.28 bits per heavy atom. The average molecular weight is 319 g/mol. The van der Waals surface area contributed by atoms with E-state index in [9.17, 15) is 4.39 Å². The Bertz CT molecular complexity index is 452. The first kappa shape index (κ1) is 14.8. The van der Waals surface area contributed by atoms with Crippen LogP contribution in [0.15, 0.2) is 21.8 Å². The van der Waals surface area contributed by atoms with Gasteiger partial charge in [0.25, 0.3) is 0 Å². The quantitative estimate of drug-likeness (QED) is 0.379. The van der Waals surface area contributed by atoms with Gasteiger partial charge in [-0.3, -0.25) is 0 Å². The fourth-order valence-corrected chi connectivity index (χ4v) is 2.09. The molecule has 0 heterocycles. The van der Waals surface area contributed by atoms with E-state index in [0.717, 1.165) is 12.8 Å². The molecule has 0 saturated carbocycles. The van der Waals surface area contributed by atoms with Crippen molar-refractivity contribution in [2.45, 2.75) is 32.8 Å². The topological polar surface area (TPSA) is 67.8 Å². The SMILES string of the molecule is CCCC(C)Oc1ccc(/C(N)=N/O)c(Br)c1F. The predicted molar refractivity (Wildman–Crippen MR) is 71.6 cm³/mol. The molecule has 0 fully saturated rings. The lowest BCUT2D eigenvalue weighted by atomic mass is 10.2. The van der Waals surface area contributed by atoms with Crippen molar-refractivity contribution in [1.82, 2.24) is 0 Å². The zero-order valence-electron chi connectivity index (χ0n) is 10.3. The monoisotopic (exact) mass is 318 g/mol. The first-order valence-corrected chi connectivity index (χ1v) is 6.43. The lowest BCUT2D eigenvalue weighted by Gasteiger charge is -2.15. The van der Waals surface area contributed by atoms with Crippen LogP contribution in [0.3, 0.4) is 0 Å². The third-order valence-electron chi connectivity index (χ3n) is 2.45.